The molecule has 3 amide bonds. The molecular weight excluding hydrogens is 466 g/mol. The molecule has 3 heterocycles. The average molecular weight is 490 g/mol. The van der Waals surface area contributed by atoms with Crippen LogP contribution in [-0.2, 0) is 9.59 Å². The molecule has 1 N–H and O–H groups in total. The van der Waals surface area contributed by atoms with Crippen molar-refractivity contribution >= 4 is 40.6 Å². The third-order valence-electron chi connectivity index (χ3n) is 5.77. The average Bonchev–Trinajstić information content (AvgIpc) is 3.28. The van der Waals surface area contributed by atoms with Crippen LogP contribution in [-0.4, -0.2) is 46.3 Å². The van der Waals surface area contributed by atoms with Crippen LogP contribution < -0.4 is 14.8 Å². The van der Waals surface area contributed by atoms with Crippen molar-refractivity contribution in [1.82, 2.24) is 9.47 Å². The summed E-state index contributed by atoms with van der Waals surface area (Å²) in [6.45, 7) is 4.49. The molecule has 0 bridgehead atoms. The summed E-state index contributed by atoms with van der Waals surface area (Å²) in [6.07, 6.45) is 1.71. The van der Waals surface area contributed by atoms with Gasteiger partial charge in [-0.15, -0.1) is 0 Å². The van der Waals surface area contributed by atoms with Crippen molar-refractivity contribution in [3.63, 3.8) is 0 Å². The SMILES string of the molecule is Cc1cc(/C=C2/SC(=O)N(CC(=O)Nc3ccc4c(c3)OCCO4)C2=O)c(C)n1-c1ccccc1. The zero-order chi connectivity index (χ0) is 24.5. The van der Waals surface area contributed by atoms with E-state index < -0.39 is 17.1 Å². The molecule has 0 saturated carbocycles. The third kappa shape index (κ3) is 4.54. The van der Waals surface area contributed by atoms with E-state index in [0.717, 1.165) is 39.3 Å². The Kier molecular flexibility index (Phi) is 6.08. The second-order valence-corrected chi connectivity index (χ2v) is 9.17. The number of hydrogen-bond donors (Lipinski definition) is 1. The number of ether oxygens (including phenoxy) is 2. The molecule has 2 aromatic carbocycles. The fourth-order valence-corrected chi connectivity index (χ4v) is 4.98. The van der Waals surface area contributed by atoms with Crippen LogP contribution in [0.25, 0.3) is 11.8 Å². The predicted molar refractivity (Wildman–Crippen MR) is 134 cm³/mol. The minimum Gasteiger partial charge on any atom is -0.486 e. The van der Waals surface area contributed by atoms with E-state index in [-0.39, 0.29) is 11.4 Å². The largest absolute Gasteiger partial charge is 0.486 e. The highest BCUT2D eigenvalue weighted by Crippen LogP contribution is 2.35. The number of aryl methyl sites for hydroxylation is 1. The fraction of sp³-hybridized carbons (Fsp3) is 0.192. The van der Waals surface area contributed by atoms with Crippen molar-refractivity contribution in [2.24, 2.45) is 0 Å². The number of amides is 3. The van der Waals surface area contributed by atoms with Gasteiger partial charge in [-0.25, -0.2) is 0 Å². The highest BCUT2D eigenvalue weighted by Gasteiger charge is 2.36. The molecule has 1 saturated heterocycles. The zero-order valence-electron chi connectivity index (χ0n) is 19.2. The zero-order valence-corrected chi connectivity index (χ0v) is 20.1. The first-order valence-corrected chi connectivity index (χ1v) is 11.9. The highest BCUT2D eigenvalue weighted by atomic mass is 32.2. The Morgan fingerprint density at radius 2 is 1.77 bits per heavy atom. The summed E-state index contributed by atoms with van der Waals surface area (Å²) in [7, 11) is 0. The molecule has 0 aliphatic carbocycles. The minimum absolute atomic E-state index is 0.287. The molecule has 2 aliphatic heterocycles. The van der Waals surface area contributed by atoms with Gasteiger partial charge >= 0.3 is 0 Å². The number of carbonyl (C=O) groups is 3. The standard InChI is InChI=1S/C26H23N3O5S/c1-16-12-18(17(2)29(16)20-6-4-3-5-7-20)13-23-25(31)28(26(32)35-23)15-24(30)27-19-8-9-21-22(14-19)34-11-10-33-21/h3-9,12-14H,10-11,15H2,1-2H3,(H,27,30)/b23-13+. The van der Waals surface area contributed by atoms with Crippen LogP contribution in [0.5, 0.6) is 11.5 Å². The molecule has 3 aromatic rings. The van der Waals surface area contributed by atoms with E-state index in [9.17, 15) is 14.4 Å². The third-order valence-corrected chi connectivity index (χ3v) is 6.68. The molecule has 35 heavy (non-hydrogen) atoms. The van der Waals surface area contributed by atoms with Crippen LogP contribution in [0.2, 0.25) is 0 Å². The number of benzene rings is 2. The van der Waals surface area contributed by atoms with E-state index >= 15 is 0 Å². The van der Waals surface area contributed by atoms with E-state index in [4.69, 9.17) is 9.47 Å². The van der Waals surface area contributed by atoms with Gasteiger partial charge in [0.25, 0.3) is 11.1 Å². The first-order valence-electron chi connectivity index (χ1n) is 11.1. The molecule has 8 nitrogen and oxygen atoms in total. The molecular formula is C26H23N3O5S. The number of carbonyl (C=O) groups excluding carboxylic acids is 3. The summed E-state index contributed by atoms with van der Waals surface area (Å²) in [5.41, 5.74) is 4.33. The molecule has 9 heteroatoms. The molecule has 0 radical (unpaired) electrons. The van der Waals surface area contributed by atoms with Gasteiger partial charge in [0.2, 0.25) is 5.91 Å². The predicted octanol–water partition coefficient (Wildman–Crippen LogP) is 4.54. The Morgan fingerprint density at radius 1 is 1.03 bits per heavy atom. The van der Waals surface area contributed by atoms with Gasteiger partial charge in [0, 0.05) is 28.8 Å². The molecule has 1 fully saturated rings. The second kappa shape index (κ2) is 9.34. The van der Waals surface area contributed by atoms with E-state index in [0.29, 0.717) is 30.4 Å². The van der Waals surface area contributed by atoms with Gasteiger partial charge in [0.15, 0.2) is 11.5 Å². The molecule has 1 aromatic heterocycles. The van der Waals surface area contributed by atoms with Crippen LogP contribution in [0.15, 0.2) is 59.5 Å². The van der Waals surface area contributed by atoms with Crippen LogP contribution in [0.3, 0.4) is 0 Å². The van der Waals surface area contributed by atoms with E-state index in [1.165, 1.54) is 0 Å². The first kappa shape index (κ1) is 22.8. The Morgan fingerprint density at radius 3 is 2.54 bits per heavy atom. The van der Waals surface area contributed by atoms with Crippen LogP contribution in [0.4, 0.5) is 10.5 Å². The number of nitrogens with zero attached hydrogens (tertiary/aromatic N) is 2. The van der Waals surface area contributed by atoms with E-state index in [1.54, 1.807) is 24.3 Å². The molecule has 178 valence electrons. The van der Waals surface area contributed by atoms with Crippen LogP contribution in [0, 0.1) is 13.8 Å². The van der Waals surface area contributed by atoms with Crippen LogP contribution >= 0.6 is 11.8 Å². The molecule has 0 atom stereocenters. The second-order valence-electron chi connectivity index (χ2n) is 8.17. The van der Waals surface area contributed by atoms with Crippen molar-refractivity contribution in [3.8, 4) is 17.2 Å². The molecule has 0 spiro atoms. The lowest BCUT2D eigenvalue weighted by atomic mass is 10.2. The van der Waals surface area contributed by atoms with Gasteiger partial charge in [-0.2, -0.15) is 0 Å². The van der Waals surface area contributed by atoms with Gasteiger partial charge in [0.1, 0.15) is 19.8 Å². The molecule has 2 aliphatic rings. The maximum absolute atomic E-state index is 13.0. The fourth-order valence-electron chi connectivity index (χ4n) is 4.15. The normalized spacial score (nSPS) is 16.2. The number of para-hydroxylation sites is 1. The Bertz CT molecular complexity index is 1360. The summed E-state index contributed by atoms with van der Waals surface area (Å²) >= 11 is 0.836. The number of imide groups is 1. The minimum atomic E-state index is -0.484. The Balaban J connectivity index is 1.30. The maximum atomic E-state index is 13.0. The molecule has 5 rings (SSSR count). The van der Waals surface area contributed by atoms with Gasteiger partial charge in [0.05, 0.1) is 4.91 Å². The van der Waals surface area contributed by atoms with E-state index in [1.807, 2.05) is 50.2 Å². The monoisotopic (exact) mass is 489 g/mol. The number of nitrogens with one attached hydrogen (secondary N) is 1. The number of aromatic nitrogens is 1. The number of hydrogen-bond acceptors (Lipinski definition) is 6. The summed E-state index contributed by atoms with van der Waals surface area (Å²) < 4.78 is 13.1. The lowest BCUT2D eigenvalue weighted by Gasteiger charge is -2.19. The van der Waals surface area contributed by atoms with Crippen LogP contribution in [0.1, 0.15) is 17.0 Å². The Hall–Kier alpha value is -3.98. The summed E-state index contributed by atoms with van der Waals surface area (Å²) in [5, 5.41) is 2.23. The number of rotatable bonds is 5. The van der Waals surface area contributed by atoms with Crippen molar-refractivity contribution < 1.29 is 23.9 Å². The van der Waals surface area contributed by atoms with Crippen molar-refractivity contribution in [3.05, 3.63) is 76.5 Å². The smallest absolute Gasteiger partial charge is 0.294 e. The molecule has 0 unspecified atom stereocenters. The maximum Gasteiger partial charge on any atom is 0.294 e. The van der Waals surface area contributed by atoms with Gasteiger partial charge in [-0.1, -0.05) is 18.2 Å². The topological polar surface area (TPSA) is 89.9 Å². The summed E-state index contributed by atoms with van der Waals surface area (Å²) in [5.74, 6) is 0.183. The Labute approximate surface area is 206 Å². The lowest BCUT2D eigenvalue weighted by Crippen LogP contribution is -2.36. The lowest BCUT2D eigenvalue weighted by molar-refractivity contribution is -0.127. The summed E-state index contributed by atoms with van der Waals surface area (Å²) in [4.78, 5) is 39.4. The van der Waals surface area contributed by atoms with Crippen molar-refractivity contribution in [2.75, 3.05) is 25.1 Å². The van der Waals surface area contributed by atoms with E-state index in [2.05, 4.69) is 9.88 Å². The van der Waals surface area contributed by atoms with Crippen molar-refractivity contribution in [1.29, 1.82) is 0 Å². The van der Waals surface area contributed by atoms with Gasteiger partial charge in [-0.05, 0) is 67.6 Å². The van der Waals surface area contributed by atoms with Gasteiger partial charge in [-0.3, -0.25) is 19.3 Å². The number of anilines is 1. The number of fused-ring (bicyclic) bond motifs is 1. The first-order chi connectivity index (χ1) is 16.9. The van der Waals surface area contributed by atoms with Gasteiger partial charge < -0.3 is 19.4 Å². The number of thioether (sulfide) groups is 1. The highest BCUT2D eigenvalue weighted by molar-refractivity contribution is 8.18. The summed E-state index contributed by atoms with van der Waals surface area (Å²) in [6, 6.07) is 16.9. The van der Waals surface area contributed by atoms with Crippen molar-refractivity contribution in [2.45, 2.75) is 13.8 Å². The quantitative estimate of drug-likeness (QED) is 0.530.